The highest BCUT2D eigenvalue weighted by Crippen LogP contribution is 2.24. The lowest BCUT2D eigenvalue weighted by Crippen LogP contribution is -2.48. The van der Waals surface area contributed by atoms with Crippen LogP contribution in [-0.4, -0.2) is 60.6 Å². The third-order valence-electron chi connectivity index (χ3n) is 4.99. The molecule has 2 aliphatic rings. The molecular weight excluding hydrogens is 260 g/mol. The van der Waals surface area contributed by atoms with Crippen LogP contribution in [0.2, 0.25) is 0 Å². The van der Waals surface area contributed by atoms with Crippen molar-refractivity contribution in [1.82, 2.24) is 20.1 Å². The van der Waals surface area contributed by atoms with Gasteiger partial charge in [0.15, 0.2) is 0 Å². The van der Waals surface area contributed by atoms with E-state index in [0.29, 0.717) is 6.04 Å². The highest BCUT2D eigenvalue weighted by atomic mass is 15.3. The minimum Gasteiger partial charge on any atom is -0.314 e. The van der Waals surface area contributed by atoms with E-state index in [0.717, 1.165) is 38.6 Å². The fraction of sp³-hybridized carbons (Fsp3) is 0.706. The van der Waals surface area contributed by atoms with Gasteiger partial charge in [-0.15, -0.1) is 0 Å². The number of piperidine rings is 1. The molecule has 1 unspecified atom stereocenters. The highest BCUT2D eigenvalue weighted by Gasteiger charge is 2.26. The van der Waals surface area contributed by atoms with Gasteiger partial charge in [0.25, 0.3) is 0 Å². The van der Waals surface area contributed by atoms with Crippen molar-refractivity contribution in [2.24, 2.45) is 5.92 Å². The molecule has 4 nitrogen and oxygen atoms in total. The summed E-state index contributed by atoms with van der Waals surface area (Å²) in [4.78, 5) is 9.49. The predicted molar refractivity (Wildman–Crippen MR) is 86.3 cm³/mol. The van der Waals surface area contributed by atoms with Crippen molar-refractivity contribution in [3.63, 3.8) is 0 Å². The van der Waals surface area contributed by atoms with E-state index in [9.17, 15) is 0 Å². The monoisotopic (exact) mass is 288 g/mol. The fourth-order valence-corrected chi connectivity index (χ4v) is 3.50. The van der Waals surface area contributed by atoms with Crippen LogP contribution in [0.3, 0.4) is 0 Å². The van der Waals surface area contributed by atoms with Crippen molar-refractivity contribution in [3.05, 3.63) is 30.1 Å². The molecule has 0 saturated carbocycles. The van der Waals surface area contributed by atoms with E-state index in [-0.39, 0.29) is 0 Å². The van der Waals surface area contributed by atoms with Gasteiger partial charge in [-0.1, -0.05) is 6.92 Å². The SMILES string of the molecule is CC1CCN(CC(c2ccncc2)N2CCNCC2)CC1. The maximum Gasteiger partial charge on any atom is 0.0477 e. The molecule has 0 aromatic carbocycles. The molecule has 2 fully saturated rings. The zero-order chi connectivity index (χ0) is 14.5. The maximum atomic E-state index is 4.19. The Balaban J connectivity index is 1.69. The Morgan fingerprint density at radius 1 is 1.14 bits per heavy atom. The topological polar surface area (TPSA) is 31.4 Å². The summed E-state index contributed by atoms with van der Waals surface area (Å²) < 4.78 is 0. The molecular formula is C17H28N4. The summed E-state index contributed by atoms with van der Waals surface area (Å²) in [5.41, 5.74) is 1.42. The van der Waals surface area contributed by atoms with Gasteiger partial charge in [-0.3, -0.25) is 9.88 Å². The van der Waals surface area contributed by atoms with Crippen LogP contribution in [-0.2, 0) is 0 Å². The third-order valence-corrected chi connectivity index (χ3v) is 4.99. The van der Waals surface area contributed by atoms with E-state index in [1.807, 2.05) is 12.4 Å². The molecule has 1 aromatic rings. The van der Waals surface area contributed by atoms with Crippen LogP contribution >= 0.6 is 0 Å². The molecule has 2 saturated heterocycles. The zero-order valence-corrected chi connectivity index (χ0v) is 13.2. The number of hydrogen-bond donors (Lipinski definition) is 1. The molecule has 2 aliphatic heterocycles. The van der Waals surface area contributed by atoms with Gasteiger partial charge in [0.05, 0.1) is 0 Å². The standard InChI is InChI=1S/C17H28N4/c1-15-4-10-20(11-5-15)14-17(16-2-6-18-7-3-16)21-12-8-19-9-13-21/h2-3,6-7,15,17,19H,4-5,8-14H2,1H3. The molecule has 0 radical (unpaired) electrons. The molecule has 4 heteroatoms. The first-order valence-corrected chi connectivity index (χ1v) is 8.40. The van der Waals surface area contributed by atoms with Crippen LogP contribution in [0.15, 0.2) is 24.5 Å². The van der Waals surface area contributed by atoms with E-state index in [1.54, 1.807) is 0 Å². The normalized spacial score (nSPS) is 24.0. The summed E-state index contributed by atoms with van der Waals surface area (Å²) in [5, 5.41) is 3.46. The van der Waals surface area contributed by atoms with Gasteiger partial charge in [-0.25, -0.2) is 0 Å². The lowest BCUT2D eigenvalue weighted by atomic mass is 9.97. The summed E-state index contributed by atoms with van der Waals surface area (Å²) in [5.74, 6) is 0.903. The Bertz CT molecular complexity index is 408. The Kier molecular flexibility index (Phi) is 5.22. The van der Waals surface area contributed by atoms with Crippen LogP contribution in [0, 0.1) is 5.92 Å². The first kappa shape index (κ1) is 14.9. The van der Waals surface area contributed by atoms with Crippen molar-refractivity contribution in [2.45, 2.75) is 25.8 Å². The van der Waals surface area contributed by atoms with Gasteiger partial charge < -0.3 is 10.2 Å². The number of rotatable bonds is 4. The van der Waals surface area contributed by atoms with Crippen molar-refractivity contribution in [3.8, 4) is 0 Å². The second-order valence-corrected chi connectivity index (χ2v) is 6.57. The Morgan fingerprint density at radius 2 is 1.81 bits per heavy atom. The Labute approximate surface area is 128 Å². The molecule has 21 heavy (non-hydrogen) atoms. The average Bonchev–Trinajstić information content (AvgIpc) is 2.56. The zero-order valence-electron chi connectivity index (χ0n) is 13.2. The van der Waals surface area contributed by atoms with Crippen molar-refractivity contribution in [2.75, 3.05) is 45.8 Å². The summed E-state index contributed by atoms with van der Waals surface area (Å²) in [6.07, 6.45) is 6.57. The van der Waals surface area contributed by atoms with E-state index >= 15 is 0 Å². The van der Waals surface area contributed by atoms with Crippen LogP contribution in [0.25, 0.3) is 0 Å². The maximum absolute atomic E-state index is 4.19. The van der Waals surface area contributed by atoms with Crippen LogP contribution in [0.1, 0.15) is 31.4 Å². The first-order chi connectivity index (χ1) is 10.3. The smallest absolute Gasteiger partial charge is 0.0477 e. The quantitative estimate of drug-likeness (QED) is 0.915. The number of aromatic nitrogens is 1. The first-order valence-electron chi connectivity index (χ1n) is 8.40. The molecule has 1 atom stereocenters. The van der Waals surface area contributed by atoms with Crippen LogP contribution < -0.4 is 5.32 Å². The van der Waals surface area contributed by atoms with Crippen molar-refractivity contribution in [1.29, 1.82) is 0 Å². The minimum atomic E-state index is 0.517. The second kappa shape index (κ2) is 7.34. The molecule has 3 rings (SSSR count). The van der Waals surface area contributed by atoms with Gasteiger partial charge in [0.1, 0.15) is 0 Å². The van der Waals surface area contributed by atoms with Gasteiger partial charge in [-0.05, 0) is 49.5 Å². The van der Waals surface area contributed by atoms with E-state index in [2.05, 4.69) is 39.2 Å². The van der Waals surface area contributed by atoms with E-state index in [4.69, 9.17) is 0 Å². The minimum absolute atomic E-state index is 0.517. The number of pyridine rings is 1. The lowest BCUT2D eigenvalue weighted by Gasteiger charge is -2.39. The van der Waals surface area contributed by atoms with E-state index in [1.165, 1.54) is 31.5 Å². The molecule has 116 valence electrons. The predicted octanol–water partition coefficient (Wildman–Crippen LogP) is 1.76. The third kappa shape index (κ3) is 4.02. The summed E-state index contributed by atoms with van der Waals surface area (Å²) in [6, 6.07) is 4.90. The number of piperazine rings is 1. The number of hydrogen-bond acceptors (Lipinski definition) is 4. The molecule has 3 heterocycles. The molecule has 0 spiro atoms. The van der Waals surface area contributed by atoms with Crippen molar-refractivity contribution < 1.29 is 0 Å². The molecule has 0 bridgehead atoms. The molecule has 0 aliphatic carbocycles. The highest BCUT2D eigenvalue weighted by molar-refractivity contribution is 5.16. The van der Waals surface area contributed by atoms with Gasteiger partial charge >= 0.3 is 0 Å². The number of nitrogens with zero attached hydrogens (tertiary/aromatic N) is 3. The van der Waals surface area contributed by atoms with Crippen LogP contribution in [0.4, 0.5) is 0 Å². The summed E-state index contributed by atoms with van der Waals surface area (Å²) >= 11 is 0. The second-order valence-electron chi connectivity index (χ2n) is 6.57. The van der Waals surface area contributed by atoms with Crippen LogP contribution in [0.5, 0.6) is 0 Å². The lowest BCUT2D eigenvalue weighted by molar-refractivity contribution is 0.104. The number of likely N-dealkylation sites (tertiary alicyclic amines) is 1. The summed E-state index contributed by atoms with van der Waals surface area (Å²) in [7, 11) is 0. The largest absolute Gasteiger partial charge is 0.314 e. The average molecular weight is 288 g/mol. The number of nitrogens with one attached hydrogen (secondary N) is 1. The van der Waals surface area contributed by atoms with Gasteiger partial charge in [0, 0.05) is 51.2 Å². The van der Waals surface area contributed by atoms with Crippen molar-refractivity contribution >= 4 is 0 Å². The molecule has 1 aromatic heterocycles. The summed E-state index contributed by atoms with van der Waals surface area (Å²) in [6.45, 7) is 10.6. The Morgan fingerprint density at radius 3 is 2.48 bits per heavy atom. The van der Waals surface area contributed by atoms with Gasteiger partial charge in [0.2, 0.25) is 0 Å². The molecule has 0 amide bonds. The van der Waals surface area contributed by atoms with E-state index < -0.39 is 0 Å². The Hall–Kier alpha value is -0.970. The van der Waals surface area contributed by atoms with Gasteiger partial charge in [-0.2, -0.15) is 0 Å². The fourth-order valence-electron chi connectivity index (χ4n) is 3.50. The molecule has 1 N–H and O–H groups in total.